The molecule has 0 radical (unpaired) electrons. The molecule has 0 saturated carbocycles. The molecule has 0 aromatic heterocycles. The summed E-state index contributed by atoms with van der Waals surface area (Å²) in [5.41, 5.74) is 0. The molecular formula is C10H24N2O2. The number of nitrogens with one attached hydrogen (secondary N) is 1. The van der Waals surface area contributed by atoms with Crippen LogP contribution < -0.4 is 5.32 Å². The molecule has 0 rings (SSSR count). The highest BCUT2D eigenvalue weighted by Gasteiger charge is 2.02. The van der Waals surface area contributed by atoms with Crippen molar-refractivity contribution >= 4 is 0 Å². The lowest BCUT2D eigenvalue weighted by Gasteiger charge is -2.21. The maximum absolute atomic E-state index is 5.07. The van der Waals surface area contributed by atoms with E-state index in [0.29, 0.717) is 0 Å². The fourth-order valence-electron chi connectivity index (χ4n) is 1.26. The van der Waals surface area contributed by atoms with E-state index in [1.165, 1.54) is 0 Å². The molecule has 0 unspecified atom stereocenters. The summed E-state index contributed by atoms with van der Waals surface area (Å²) in [4.78, 5) is 2.39. The molecule has 4 nitrogen and oxygen atoms in total. The third kappa shape index (κ3) is 8.44. The molecule has 0 atom stereocenters. The lowest BCUT2D eigenvalue weighted by molar-refractivity contribution is 0.133. The molecule has 0 bridgehead atoms. The molecule has 86 valence electrons. The third-order valence-electron chi connectivity index (χ3n) is 2.11. The first-order valence-corrected chi connectivity index (χ1v) is 5.20. The van der Waals surface area contributed by atoms with Crippen molar-refractivity contribution in [3.8, 4) is 0 Å². The quantitative estimate of drug-likeness (QED) is 0.515. The van der Waals surface area contributed by atoms with E-state index in [1.54, 1.807) is 14.2 Å². The van der Waals surface area contributed by atoms with Crippen LogP contribution in [0.4, 0.5) is 0 Å². The highest BCUT2D eigenvalue weighted by atomic mass is 16.5. The summed E-state index contributed by atoms with van der Waals surface area (Å²) in [5.74, 6) is 0. The molecule has 0 amide bonds. The Kier molecular flexibility index (Phi) is 10.8. The fraction of sp³-hybridized carbons (Fsp3) is 1.00. The minimum Gasteiger partial charge on any atom is -0.385 e. The topological polar surface area (TPSA) is 33.7 Å². The first-order chi connectivity index (χ1) is 6.85. The maximum atomic E-state index is 5.07. The number of nitrogens with zero attached hydrogens (tertiary/aromatic N) is 1. The Bertz CT molecular complexity index is 104. The zero-order valence-corrected chi connectivity index (χ0v) is 9.71. The Morgan fingerprint density at radius 2 is 1.71 bits per heavy atom. The molecule has 0 fully saturated rings. The Balaban J connectivity index is 3.49. The molecule has 0 aliphatic rings. The van der Waals surface area contributed by atoms with E-state index in [-0.39, 0.29) is 0 Å². The molecule has 1 N–H and O–H groups in total. The van der Waals surface area contributed by atoms with Gasteiger partial charge in [0, 0.05) is 47.0 Å². The number of hydrogen-bond acceptors (Lipinski definition) is 4. The van der Waals surface area contributed by atoms with Gasteiger partial charge in [-0.2, -0.15) is 0 Å². The smallest absolute Gasteiger partial charge is 0.0589 e. The Morgan fingerprint density at radius 3 is 2.29 bits per heavy atom. The molecular weight excluding hydrogens is 180 g/mol. The van der Waals surface area contributed by atoms with Crippen molar-refractivity contribution < 1.29 is 9.47 Å². The summed E-state index contributed by atoms with van der Waals surface area (Å²) < 4.78 is 10.1. The van der Waals surface area contributed by atoms with Gasteiger partial charge in [0.2, 0.25) is 0 Å². The van der Waals surface area contributed by atoms with Crippen molar-refractivity contribution in [2.75, 3.05) is 60.7 Å². The normalized spacial score (nSPS) is 11.1. The van der Waals surface area contributed by atoms with Crippen LogP contribution in [-0.2, 0) is 9.47 Å². The van der Waals surface area contributed by atoms with Crippen LogP contribution in [0, 0.1) is 0 Å². The highest BCUT2D eigenvalue weighted by Crippen LogP contribution is 1.91. The molecule has 0 aliphatic heterocycles. The summed E-state index contributed by atoms with van der Waals surface area (Å²) in [6.07, 6.45) is 1.09. The van der Waals surface area contributed by atoms with Crippen LogP contribution in [0.25, 0.3) is 0 Å². The van der Waals surface area contributed by atoms with Crippen LogP contribution in [0.1, 0.15) is 6.42 Å². The lowest BCUT2D eigenvalue weighted by Crippen LogP contribution is -2.34. The average molecular weight is 204 g/mol. The van der Waals surface area contributed by atoms with Gasteiger partial charge in [-0.1, -0.05) is 0 Å². The van der Waals surface area contributed by atoms with Gasteiger partial charge in [-0.05, 0) is 13.5 Å². The monoisotopic (exact) mass is 204 g/mol. The van der Waals surface area contributed by atoms with E-state index in [1.807, 2.05) is 7.05 Å². The first-order valence-electron chi connectivity index (χ1n) is 5.20. The van der Waals surface area contributed by atoms with Crippen molar-refractivity contribution in [2.45, 2.75) is 6.42 Å². The van der Waals surface area contributed by atoms with E-state index >= 15 is 0 Å². The van der Waals surface area contributed by atoms with Crippen molar-refractivity contribution in [1.29, 1.82) is 0 Å². The summed E-state index contributed by atoms with van der Waals surface area (Å²) in [6.45, 7) is 5.82. The lowest BCUT2D eigenvalue weighted by atomic mass is 10.3. The van der Waals surface area contributed by atoms with Crippen LogP contribution in [0.15, 0.2) is 0 Å². The van der Waals surface area contributed by atoms with Crippen LogP contribution >= 0.6 is 0 Å². The van der Waals surface area contributed by atoms with Gasteiger partial charge >= 0.3 is 0 Å². The van der Waals surface area contributed by atoms with Gasteiger partial charge in [-0.25, -0.2) is 0 Å². The largest absolute Gasteiger partial charge is 0.385 e. The Hall–Kier alpha value is -0.160. The van der Waals surface area contributed by atoms with Gasteiger partial charge in [0.25, 0.3) is 0 Å². The molecule has 0 aromatic rings. The molecule has 14 heavy (non-hydrogen) atoms. The van der Waals surface area contributed by atoms with Gasteiger partial charge < -0.3 is 14.8 Å². The van der Waals surface area contributed by atoms with Crippen molar-refractivity contribution in [2.24, 2.45) is 0 Å². The molecule has 0 saturated heterocycles. The molecule has 0 heterocycles. The molecule has 4 heteroatoms. The minimum atomic E-state index is 0.802. The predicted octanol–water partition coefficient (Wildman–Crippen LogP) is 0.191. The Labute approximate surface area is 87.6 Å². The van der Waals surface area contributed by atoms with Gasteiger partial charge in [0.05, 0.1) is 6.61 Å². The third-order valence-corrected chi connectivity index (χ3v) is 2.11. The van der Waals surface area contributed by atoms with E-state index in [9.17, 15) is 0 Å². The number of hydrogen-bond donors (Lipinski definition) is 1. The number of methoxy groups -OCH3 is 2. The van der Waals surface area contributed by atoms with Crippen LogP contribution in [-0.4, -0.2) is 65.6 Å². The van der Waals surface area contributed by atoms with E-state index in [4.69, 9.17) is 9.47 Å². The van der Waals surface area contributed by atoms with Crippen LogP contribution in [0.2, 0.25) is 0 Å². The van der Waals surface area contributed by atoms with Gasteiger partial charge in [-0.3, -0.25) is 4.90 Å². The van der Waals surface area contributed by atoms with Crippen molar-refractivity contribution in [3.63, 3.8) is 0 Å². The van der Waals surface area contributed by atoms with Gasteiger partial charge in [-0.15, -0.1) is 0 Å². The summed E-state index contributed by atoms with van der Waals surface area (Å²) in [5, 5.41) is 3.15. The summed E-state index contributed by atoms with van der Waals surface area (Å²) in [7, 11) is 5.46. The fourth-order valence-corrected chi connectivity index (χ4v) is 1.26. The second kappa shape index (κ2) is 10.9. The maximum Gasteiger partial charge on any atom is 0.0589 e. The SMILES string of the molecule is CNCCN(CCCOC)CCOC. The van der Waals surface area contributed by atoms with E-state index in [2.05, 4.69) is 10.2 Å². The number of ether oxygens (including phenoxy) is 2. The molecule has 0 aromatic carbocycles. The van der Waals surface area contributed by atoms with Crippen molar-refractivity contribution in [3.05, 3.63) is 0 Å². The summed E-state index contributed by atoms with van der Waals surface area (Å²) >= 11 is 0. The van der Waals surface area contributed by atoms with Crippen LogP contribution in [0.5, 0.6) is 0 Å². The predicted molar refractivity (Wildman–Crippen MR) is 58.7 cm³/mol. The second-order valence-electron chi connectivity index (χ2n) is 3.28. The second-order valence-corrected chi connectivity index (χ2v) is 3.28. The number of likely N-dealkylation sites (N-methyl/N-ethyl adjacent to an activating group) is 1. The average Bonchev–Trinajstić information content (AvgIpc) is 2.21. The van der Waals surface area contributed by atoms with Gasteiger partial charge in [0.1, 0.15) is 0 Å². The van der Waals surface area contributed by atoms with Crippen molar-refractivity contribution in [1.82, 2.24) is 10.2 Å². The minimum absolute atomic E-state index is 0.802. The highest BCUT2D eigenvalue weighted by molar-refractivity contribution is 4.58. The first kappa shape index (κ1) is 13.8. The molecule has 0 aliphatic carbocycles. The zero-order valence-electron chi connectivity index (χ0n) is 9.71. The number of rotatable bonds is 10. The summed E-state index contributed by atoms with van der Waals surface area (Å²) in [6, 6.07) is 0. The molecule has 0 spiro atoms. The van der Waals surface area contributed by atoms with E-state index in [0.717, 1.165) is 45.8 Å². The van der Waals surface area contributed by atoms with Crippen LogP contribution in [0.3, 0.4) is 0 Å². The Morgan fingerprint density at radius 1 is 1.00 bits per heavy atom. The van der Waals surface area contributed by atoms with E-state index < -0.39 is 0 Å². The van der Waals surface area contributed by atoms with Gasteiger partial charge in [0.15, 0.2) is 0 Å². The standard InChI is InChI=1S/C10H24N2O2/c1-11-5-7-12(8-10-14-3)6-4-9-13-2/h11H,4-10H2,1-3H3. The zero-order chi connectivity index (χ0) is 10.6.